The zero-order chi connectivity index (χ0) is 10.4. The highest BCUT2D eigenvalue weighted by molar-refractivity contribution is 5.24. The number of rotatable bonds is 5. The summed E-state index contributed by atoms with van der Waals surface area (Å²) in [5, 5.41) is 9.67. The first-order chi connectivity index (χ1) is 6.77. The van der Waals surface area contributed by atoms with Crippen LogP contribution in [0.3, 0.4) is 0 Å². The standard InChI is InChI=1S/C13H18O/c1-3-5-11-7-9-12(10-8-11)13(14)6-4-2/h4,7-10,13-14H,2-3,5-6H2,1H3/t13-/m0/s1. The molecule has 1 heteroatoms. The molecule has 0 saturated heterocycles. The van der Waals surface area contributed by atoms with E-state index in [9.17, 15) is 5.11 Å². The average molecular weight is 190 g/mol. The van der Waals surface area contributed by atoms with E-state index >= 15 is 0 Å². The molecule has 0 unspecified atom stereocenters. The Morgan fingerprint density at radius 1 is 1.36 bits per heavy atom. The largest absolute Gasteiger partial charge is 0.388 e. The summed E-state index contributed by atoms with van der Waals surface area (Å²) in [7, 11) is 0. The van der Waals surface area contributed by atoms with Crippen LogP contribution in [0.4, 0.5) is 0 Å². The Morgan fingerprint density at radius 2 is 2.00 bits per heavy atom. The second-order valence-corrected chi connectivity index (χ2v) is 3.53. The molecule has 0 aliphatic carbocycles. The van der Waals surface area contributed by atoms with Gasteiger partial charge in [0.1, 0.15) is 0 Å². The SMILES string of the molecule is C=CC[C@H](O)c1ccc(CCC)cc1. The lowest BCUT2D eigenvalue weighted by Gasteiger charge is -2.08. The fraction of sp³-hybridized carbons (Fsp3) is 0.385. The third-order valence-corrected chi connectivity index (χ3v) is 2.29. The number of aliphatic hydroxyl groups excluding tert-OH is 1. The highest BCUT2D eigenvalue weighted by Gasteiger charge is 2.04. The third-order valence-electron chi connectivity index (χ3n) is 2.29. The quantitative estimate of drug-likeness (QED) is 0.707. The van der Waals surface area contributed by atoms with Gasteiger partial charge in [0.2, 0.25) is 0 Å². The van der Waals surface area contributed by atoms with Crippen LogP contribution in [0.5, 0.6) is 0 Å². The Morgan fingerprint density at radius 3 is 2.50 bits per heavy atom. The number of benzene rings is 1. The van der Waals surface area contributed by atoms with Gasteiger partial charge in [-0.2, -0.15) is 0 Å². The zero-order valence-corrected chi connectivity index (χ0v) is 8.74. The van der Waals surface area contributed by atoms with Crippen LogP contribution in [0.2, 0.25) is 0 Å². The van der Waals surface area contributed by atoms with Gasteiger partial charge in [-0.05, 0) is 24.0 Å². The summed E-state index contributed by atoms with van der Waals surface area (Å²) < 4.78 is 0. The van der Waals surface area contributed by atoms with Gasteiger partial charge in [-0.25, -0.2) is 0 Å². The molecule has 0 spiro atoms. The zero-order valence-electron chi connectivity index (χ0n) is 8.74. The fourth-order valence-corrected chi connectivity index (χ4v) is 1.49. The van der Waals surface area contributed by atoms with Crippen molar-refractivity contribution in [1.29, 1.82) is 0 Å². The van der Waals surface area contributed by atoms with Crippen LogP contribution >= 0.6 is 0 Å². The van der Waals surface area contributed by atoms with Crippen molar-refractivity contribution in [3.05, 3.63) is 48.0 Å². The summed E-state index contributed by atoms with van der Waals surface area (Å²) in [6.07, 6.45) is 4.23. The summed E-state index contributed by atoms with van der Waals surface area (Å²) in [4.78, 5) is 0. The van der Waals surface area contributed by atoms with E-state index in [1.807, 2.05) is 12.1 Å². The molecule has 0 aliphatic rings. The van der Waals surface area contributed by atoms with E-state index in [0.29, 0.717) is 6.42 Å². The molecule has 1 aromatic rings. The van der Waals surface area contributed by atoms with Gasteiger partial charge in [0.15, 0.2) is 0 Å². The van der Waals surface area contributed by atoms with Crippen LogP contribution in [0.1, 0.15) is 37.0 Å². The third kappa shape index (κ3) is 3.00. The van der Waals surface area contributed by atoms with E-state index in [4.69, 9.17) is 0 Å². The normalized spacial score (nSPS) is 12.4. The first-order valence-electron chi connectivity index (χ1n) is 5.15. The molecule has 0 heterocycles. The van der Waals surface area contributed by atoms with Crippen LogP contribution in [0, 0.1) is 0 Å². The molecule has 1 atom stereocenters. The van der Waals surface area contributed by atoms with Gasteiger partial charge in [0, 0.05) is 0 Å². The maximum Gasteiger partial charge on any atom is 0.0824 e. The number of hydrogen-bond donors (Lipinski definition) is 1. The lowest BCUT2D eigenvalue weighted by atomic mass is 10.0. The predicted octanol–water partition coefficient (Wildman–Crippen LogP) is 3.25. The van der Waals surface area contributed by atoms with Crippen molar-refractivity contribution < 1.29 is 5.11 Å². The summed E-state index contributed by atoms with van der Waals surface area (Å²) in [6.45, 7) is 5.78. The first-order valence-corrected chi connectivity index (χ1v) is 5.15. The fourth-order valence-electron chi connectivity index (χ4n) is 1.49. The number of aliphatic hydroxyl groups is 1. The van der Waals surface area contributed by atoms with Gasteiger partial charge in [0.25, 0.3) is 0 Å². The number of aryl methyl sites for hydroxylation is 1. The summed E-state index contributed by atoms with van der Waals surface area (Å²) in [6, 6.07) is 8.18. The van der Waals surface area contributed by atoms with Crippen LogP contribution in [-0.2, 0) is 6.42 Å². The van der Waals surface area contributed by atoms with Crippen molar-refractivity contribution in [3.8, 4) is 0 Å². The van der Waals surface area contributed by atoms with Crippen molar-refractivity contribution in [1.82, 2.24) is 0 Å². The minimum absolute atomic E-state index is 0.400. The highest BCUT2D eigenvalue weighted by Crippen LogP contribution is 2.17. The van der Waals surface area contributed by atoms with Crippen LogP contribution in [-0.4, -0.2) is 5.11 Å². The summed E-state index contributed by atoms with van der Waals surface area (Å²) >= 11 is 0. The van der Waals surface area contributed by atoms with Crippen LogP contribution in [0.15, 0.2) is 36.9 Å². The molecule has 0 aliphatic heterocycles. The lowest BCUT2D eigenvalue weighted by Crippen LogP contribution is -1.95. The van der Waals surface area contributed by atoms with E-state index in [1.165, 1.54) is 5.56 Å². The monoisotopic (exact) mass is 190 g/mol. The Hall–Kier alpha value is -1.08. The molecule has 1 N–H and O–H groups in total. The van der Waals surface area contributed by atoms with Crippen molar-refractivity contribution in [2.75, 3.05) is 0 Å². The molecule has 1 nitrogen and oxygen atoms in total. The van der Waals surface area contributed by atoms with Gasteiger partial charge < -0.3 is 5.11 Å². The second-order valence-electron chi connectivity index (χ2n) is 3.53. The summed E-state index contributed by atoms with van der Waals surface area (Å²) in [5.41, 5.74) is 2.31. The molecular formula is C13H18O. The maximum atomic E-state index is 9.67. The lowest BCUT2D eigenvalue weighted by molar-refractivity contribution is 0.181. The molecule has 76 valence electrons. The van der Waals surface area contributed by atoms with E-state index in [0.717, 1.165) is 18.4 Å². The molecule has 14 heavy (non-hydrogen) atoms. The molecule has 0 bridgehead atoms. The van der Waals surface area contributed by atoms with E-state index in [2.05, 4.69) is 25.6 Å². The molecule has 0 aromatic heterocycles. The second kappa shape index (κ2) is 5.61. The Balaban J connectivity index is 2.67. The van der Waals surface area contributed by atoms with Gasteiger partial charge in [-0.3, -0.25) is 0 Å². The van der Waals surface area contributed by atoms with Gasteiger partial charge in [-0.15, -0.1) is 6.58 Å². The predicted molar refractivity (Wildman–Crippen MR) is 60.2 cm³/mol. The van der Waals surface area contributed by atoms with Crippen molar-refractivity contribution in [2.45, 2.75) is 32.3 Å². The molecule has 1 rings (SSSR count). The minimum atomic E-state index is -0.400. The highest BCUT2D eigenvalue weighted by atomic mass is 16.3. The minimum Gasteiger partial charge on any atom is -0.388 e. The molecule has 0 amide bonds. The van der Waals surface area contributed by atoms with Crippen LogP contribution < -0.4 is 0 Å². The van der Waals surface area contributed by atoms with Crippen LogP contribution in [0.25, 0.3) is 0 Å². The Bertz CT molecular complexity index is 274. The molecule has 0 fully saturated rings. The van der Waals surface area contributed by atoms with E-state index in [1.54, 1.807) is 6.08 Å². The van der Waals surface area contributed by atoms with Gasteiger partial charge in [0.05, 0.1) is 6.10 Å². The van der Waals surface area contributed by atoms with Crippen molar-refractivity contribution >= 4 is 0 Å². The smallest absolute Gasteiger partial charge is 0.0824 e. The Labute approximate surface area is 86.1 Å². The van der Waals surface area contributed by atoms with Crippen molar-refractivity contribution in [2.24, 2.45) is 0 Å². The maximum absolute atomic E-state index is 9.67. The van der Waals surface area contributed by atoms with E-state index < -0.39 is 6.10 Å². The Kier molecular flexibility index (Phi) is 4.41. The van der Waals surface area contributed by atoms with Gasteiger partial charge >= 0.3 is 0 Å². The number of hydrogen-bond acceptors (Lipinski definition) is 1. The molecule has 0 saturated carbocycles. The van der Waals surface area contributed by atoms with Gasteiger partial charge in [-0.1, -0.05) is 43.7 Å². The molecular weight excluding hydrogens is 172 g/mol. The first kappa shape index (κ1) is 11.0. The molecule has 0 radical (unpaired) electrons. The summed E-state index contributed by atoms with van der Waals surface area (Å²) in [5.74, 6) is 0. The average Bonchev–Trinajstić information content (AvgIpc) is 2.20. The van der Waals surface area contributed by atoms with E-state index in [-0.39, 0.29) is 0 Å². The van der Waals surface area contributed by atoms with Crippen molar-refractivity contribution in [3.63, 3.8) is 0 Å². The molecule has 1 aromatic carbocycles. The topological polar surface area (TPSA) is 20.2 Å².